The van der Waals surface area contributed by atoms with Crippen LogP contribution in [0, 0.1) is 12.7 Å². The van der Waals surface area contributed by atoms with Gasteiger partial charge in [0.25, 0.3) is 5.91 Å². The van der Waals surface area contributed by atoms with Crippen molar-refractivity contribution in [3.05, 3.63) is 54.0 Å². The molecule has 1 aliphatic rings. The van der Waals surface area contributed by atoms with Crippen LogP contribution in [0.4, 0.5) is 20.6 Å². The Morgan fingerprint density at radius 3 is 2.52 bits per heavy atom. The third-order valence-electron chi connectivity index (χ3n) is 5.19. The topological polar surface area (TPSA) is 92.1 Å². The quantitative estimate of drug-likeness (QED) is 0.651. The largest absolute Gasteiger partial charge is 0.444 e. The van der Waals surface area contributed by atoms with Gasteiger partial charge in [0.15, 0.2) is 5.65 Å². The number of hydrogen-bond donors (Lipinski definition) is 1. The lowest BCUT2D eigenvalue weighted by Crippen LogP contribution is -2.50. The van der Waals surface area contributed by atoms with Crippen LogP contribution in [0.25, 0.3) is 5.65 Å². The summed E-state index contributed by atoms with van der Waals surface area (Å²) < 4.78 is 21.9. The molecule has 3 heterocycles. The molecule has 1 aliphatic heterocycles. The number of piperazine rings is 1. The number of halogens is 1. The van der Waals surface area contributed by atoms with E-state index in [1.165, 1.54) is 18.3 Å². The summed E-state index contributed by atoms with van der Waals surface area (Å²) in [6, 6.07) is 4.66. The highest BCUT2D eigenvalue weighted by Gasteiger charge is 2.26. The fourth-order valence-electron chi connectivity index (χ4n) is 3.61. The van der Waals surface area contributed by atoms with Crippen LogP contribution in [-0.2, 0) is 4.74 Å². The Labute approximate surface area is 191 Å². The summed E-state index contributed by atoms with van der Waals surface area (Å²) >= 11 is 0. The second kappa shape index (κ2) is 8.68. The highest BCUT2D eigenvalue weighted by molar-refractivity contribution is 6.02. The van der Waals surface area contributed by atoms with Gasteiger partial charge in [-0.1, -0.05) is 0 Å². The summed E-state index contributed by atoms with van der Waals surface area (Å²) in [6.45, 7) is 9.41. The minimum Gasteiger partial charge on any atom is -0.444 e. The summed E-state index contributed by atoms with van der Waals surface area (Å²) in [7, 11) is 0. The van der Waals surface area contributed by atoms with Gasteiger partial charge in [0.05, 0.1) is 17.6 Å². The van der Waals surface area contributed by atoms with Crippen LogP contribution >= 0.6 is 0 Å². The third kappa shape index (κ3) is 5.21. The van der Waals surface area contributed by atoms with E-state index in [0.717, 1.165) is 5.69 Å². The van der Waals surface area contributed by atoms with E-state index in [0.29, 0.717) is 37.5 Å². The molecule has 0 aliphatic carbocycles. The van der Waals surface area contributed by atoms with Crippen molar-refractivity contribution < 1.29 is 18.7 Å². The van der Waals surface area contributed by atoms with Crippen molar-refractivity contribution in [2.45, 2.75) is 33.3 Å². The molecule has 174 valence electrons. The van der Waals surface area contributed by atoms with Crippen molar-refractivity contribution in [3.8, 4) is 0 Å². The number of fused-ring (bicyclic) bond motifs is 1. The van der Waals surface area contributed by atoms with Gasteiger partial charge >= 0.3 is 6.09 Å². The van der Waals surface area contributed by atoms with E-state index >= 15 is 0 Å². The number of carbonyl (C=O) groups is 2. The minimum atomic E-state index is -0.546. The Hall–Kier alpha value is -3.69. The second-order valence-electron chi connectivity index (χ2n) is 8.99. The number of aryl methyl sites for hydroxylation is 1. The minimum absolute atomic E-state index is 0.0693. The number of rotatable bonds is 3. The molecule has 0 spiro atoms. The van der Waals surface area contributed by atoms with E-state index < -0.39 is 17.3 Å². The van der Waals surface area contributed by atoms with Crippen molar-refractivity contribution >= 4 is 29.0 Å². The number of nitrogens with zero attached hydrogens (tertiary/aromatic N) is 5. The summed E-state index contributed by atoms with van der Waals surface area (Å²) in [4.78, 5) is 36.8. The summed E-state index contributed by atoms with van der Waals surface area (Å²) in [5.74, 6) is -1.06. The van der Waals surface area contributed by atoms with Crippen LogP contribution in [0.3, 0.4) is 0 Å². The van der Waals surface area contributed by atoms with E-state index in [-0.39, 0.29) is 17.5 Å². The van der Waals surface area contributed by atoms with Gasteiger partial charge in [-0.25, -0.2) is 19.2 Å². The van der Waals surface area contributed by atoms with E-state index in [1.807, 2.05) is 32.6 Å². The Morgan fingerprint density at radius 2 is 1.85 bits per heavy atom. The molecule has 1 saturated heterocycles. The zero-order chi connectivity index (χ0) is 23.8. The third-order valence-corrected chi connectivity index (χ3v) is 5.19. The summed E-state index contributed by atoms with van der Waals surface area (Å²) in [5, 5.41) is 2.57. The molecule has 0 saturated carbocycles. The first-order valence-corrected chi connectivity index (χ1v) is 10.7. The van der Waals surface area contributed by atoms with Gasteiger partial charge in [-0.2, -0.15) is 0 Å². The lowest BCUT2D eigenvalue weighted by Gasteiger charge is -2.36. The molecule has 3 aromatic rings. The Bertz CT molecular complexity index is 1190. The second-order valence-corrected chi connectivity index (χ2v) is 8.99. The van der Waals surface area contributed by atoms with E-state index in [1.54, 1.807) is 27.8 Å². The average Bonchev–Trinajstić information content (AvgIpc) is 3.13. The number of imidazole rings is 1. The van der Waals surface area contributed by atoms with Crippen molar-refractivity contribution in [3.63, 3.8) is 0 Å². The van der Waals surface area contributed by atoms with Gasteiger partial charge in [-0.05, 0) is 45.9 Å². The van der Waals surface area contributed by atoms with Crippen molar-refractivity contribution in [1.29, 1.82) is 0 Å². The number of amides is 2. The van der Waals surface area contributed by atoms with Crippen LogP contribution < -0.4 is 10.2 Å². The van der Waals surface area contributed by atoms with E-state index in [4.69, 9.17) is 4.74 Å². The van der Waals surface area contributed by atoms with Gasteiger partial charge in [0.1, 0.15) is 17.1 Å². The van der Waals surface area contributed by atoms with Gasteiger partial charge in [-0.3, -0.25) is 4.79 Å². The van der Waals surface area contributed by atoms with Gasteiger partial charge in [-0.15, -0.1) is 0 Å². The lowest BCUT2D eigenvalue weighted by molar-refractivity contribution is 0.0240. The van der Waals surface area contributed by atoms with E-state index in [2.05, 4.69) is 15.3 Å². The zero-order valence-corrected chi connectivity index (χ0v) is 19.1. The molecule has 1 N–H and O–H groups in total. The number of ether oxygens (including phenoxy) is 1. The van der Waals surface area contributed by atoms with Crippen LogP contribution in [0.15, 0.2) is 36.8 Å². The number of benzene rings is 1. The first kappa shape index (κ1) is 22.5. The molecular weight excluding hydrogens is 427 g/mol. The number of carbonyl (C=O) groups excluding carboxylic acids is 2. The highest BCUT2D eigenvalue weighted by atomic mass is 19.1. The maximum Gasteiger partial charge on any atom is 0.410 e. The Balaban J connectivity index is 1.39. The molecule has 33 heavy (non-hydrogen) atoms. The number of hydrogen-bond acceptors (Lipinski definition) is 6. The molecule has 0 bridgehead atoms. The maximum atomic E-state index is 14.8. The number of aromatic nitrogens is 3. The zero-order valence-electron chi connectivity index (χ0n) is 19.1. The molecule has 0 unspecified atom stereocenters. The van der Waals surface area contributed by atoms with Gasteiger partial charge < -0.3 is 24.3 Å². The molecule has 0 atom stereocenters. The molecule has 10 heteroatoms. The molecular formula is C23H27FN6O3. The molecule has 2 amide bonds. The monoisotopic (exact) mass is 454 g/mol. The molecule has 1 aromatic carbocycles. The smallest absolute Gasteiger partial charge is 0.410 e. The lowest BCUT2D eigenvalue weighted by atomic mass is 10.2. The maximum absolute atomic E-state index is 14.8. The summed E-state index contributed by atoms with van der Waals surface area (Å²) in [6.07, 6.45) is 4.49. The van der Waals surface area contributed by atoms with Crippen LogP contribution in [0.5, 0.6) is 0 Å². The van der Waals surface area contributed by atoms with Crippen LogP contribution in [0.1, 0.15) is 37.0 Å². The predicted octanol–water partition coefficient (Wildman–Crippen LogP) is 3.49. The van der Waals surface area contributed by atoms with Crippen molar-refractivity contribution in [2.24, 2.45) is 0 Å². The average molecular weight is 455 g/mol. The fourth-order valence-corrected chi connectivity index (χ4v) is 3.61. The normalized spacial score (nSPS) is 14.5. The Kier molecular flexibility index (Phi) is 5.92. The number of anilines is 2. The standard InChI is InChI=1S/C23H27FN6O3/c1-15-13-30-14-19(25-12-20(30)26-15)21(31)27-18-6-5-16(11-17(18)24)28-7-9-29(10-8-28)22(32)33-23(2,3)4/h5-6,11-14H,7-10H2,1-4H3,(H,27,31). The van der Waals surface area contributed by atoms with Crippen LogP contribution in [0.2, 0.25) is 0 Å². The molecule has 9 nitrogen and oxygen atoms in total. The van der Waals surface area contributed by atoms with Crippen molar-refractivity contribution in [1.82, 2.24) is 19.3 Å². The van der Waals surface area contributed by atoms with Crippen molar-refractivity contribution in [2.75, 3.05) is 36.4 Å². The Morgan fingerprint density at radius 1 is 1.12 bits per heavy atom. The van der Waals surface area contributed by atoms with Gasteiger partial charge in [0.2, 0.25) is 0 Å². The van der Waals surface area contributed by atoms with E-state index in [9.17, 15) is 14.0 Å². The first-order chi connectivity index (χ1) is 15.6. The SMILES string of the molecule is Cc1cn2cc(C(=O)Nc3ccc(N4CCN(C(=O)OC(C)(C)C)CC4)cc3F)ncc2n1. The molecule has 0 radical (unpaired) electrons. The number of nitrogens with one attached hydrogen (secondary N) is 1. The van der Waals surface area contributed by atoms with Gasteiger partial charge in [0, 0.05) is 44.3 Å². The summed E-state index contributed by atoms with van der Waals surface area (Å²) in [5.41, 5.74) is 1.80. The highest BCUT2D eigenvalue weighted by Crippen LogP contribution is 2.24. The molecule has 4 rings (SSSR count). The van der Waals surface area contributed by atoms with Crippen LogP contribution in [-0.4, -0.2) is 63.0 Å². The molecule has 2 aromatic heterocycles. The first-order valence-electron chi connectivity index (χ1n) is 10.7. The predicted molar refractivity (Wildman–Crippen MR) is 122 cm³/mol. The molecule has 1 fully saturated rings. The fraction of sp³-hybridized carbons (Fsp3) is 0.391.